The molecule has 0 bridgehead atoms. The molecule has 0 aliphatic heterocycles. The van der Waals surface area contributed by atoms with Crippen LogP contribution in [0.1, 0.15) is 37.8 Å². The van der Waals surface area contributed by atoms with Crippen molar-refractivity contribution in [3.05, 3.63) is 34.2 Å². The van der Waals surface area contributed by atoms with Crippen LogP contribution in [0.25, 0.3) is 0 Å². The summed E-state index contributed by atoms with van der Waals surface area (Å²) >= 11 is 0. The molecule has 1 aliphatic rings. The van der Waals surface area contributed by atoms with Crippen LogP contribution in [0.4, 0.5) is 0 Å². The second kappa shape index (κ2) is 3.36. The maximum atomic E-state index is 11.5. The molecule has 0 radical (unpaired) electrons. The second-order valence-corrected chi connectivity index (χ2v) is 3.72. The fraction of sp³-hybridized carbons (Fsp3) is 0.545. The number of rotatable bonds is 2. The van der Waals surface area contributed by atoms with Gasteiger partial charge in [0.15, 0.2) is 0 Å². The second-order valence-electron chi connectivity index (χ2n) is 3.72. The van der Waals surface area contributed by atoms with Crippen molar-refractivity contribution >= 4 is 0 Å². The molecule has 0 N–H and O–H groups in total. The third-order valence-electron chi connectivity index (χ3n) is 2.88. The molecular weight excluding hydrogens is 162 g/mol. The lowest BCUT2D eigenvalue weighted by Crippen LogP contribution is -2.28. The van der Waals surface area contributed by atoms with E-state index in [2.05, 4.69) is 6.92 Å². The van der Waals surface area contributed by atoms with Gasteiger partial charge in [-0.05, 0) is 31.2 Å². The number of pyridine rings is 1. The molecule has 0 unspecified atom stereocenters. The van der Waals surface area contributed by atoms with Gasteiger partial charge in [-0.25, -0.2) is 0 Å². The molecule has 0 saturated heterocycles. The van der Waals surface area contributed by atoms with Crippen molar-refractivity contribution in [2.45, 2.75) is 38.6 Å². The van der Waals surface area contributed by atoms with Crippen molar-refractivity contribution in [3.8, 4) is 0 Å². The first-order chi connectivity index (χ1) is 6.31. The van der Waals surface area contributed by atoms with E-state index in [1.54, 1.807) is 6.07 Å². The first-order valence-corrected chi connectivity index (χ1v) is 5.02. The number of nitrogens with zero attached hydrogens (tertiary/aromatic N) is 1. The normalized spacial score (nSPS) is 17.0. The van der Waals surface area contributed by atoms with E-state index in [-0.39, 0.29) is 5.56 Å². The van der Waals surface area contributed by atoms with Crippen LogP contribution in [-0.4, -0.2) is 4.57 Å². The van der Waals surface area contributed by atoms with Gasteiger partial charge < -0.3 is 4.57 Å². The third kappa shape index (κ3) is 1.53. The van der Waals surface area contributed by atoms with Crippen molar-refractivity contribution in [1.82, 2.24) is 4.57 Å². The van der Waals surface area contributed by atoms with E-state index in [4.69, 9.17) is 0 Å². The molecule has 2 heteroatoms. The Labute approximate surface area is 78.2 Å². The molecule has 1 saturated carbocycles. The van der Waals surface area contributed by atoms with Gasteiger partial charge in [0.25, 0.3) is 5.56 Å². The van der Waals surface area contributed by atoms with Crippen LogP contribution in [0.2, 0.25) is 0 Å². The summed E-state index contributed by atoms with van der Waals surface area (Å²) in [6.45, 7) is 2.12. The predicted molar refractivity (Wildman–Crippen MR) is 53.0 cm³/mol. The molecular formula is C11H15NO. The number of aryl methyl sites for hydroxylation is 1. The molecule has 0 atom stereocenters. The van der Waals surface area contributed by atoms with Gasteiger partial charge in [-0.15, -0.1) is 0 Å². The summed E-state index contributed by atoms with van der Waals surface area (Å²) in [5, 5.41) is 0. The van der Waals surface area contributed by atoms with Crippen LogP contribution in [0.15, 0.2) is 23.1 Å². The summed E-state index contributed by atoms with van der Waals surface area (Å²) in [7, 11) is 0. The standard InChI is InChI=1S/C11H15NO/c1-2-9-6-7-11(13)12(8-9)10-4-3-5-10/h6-8,10H,2-5H2,1H3. The van der Waals surface area contributed by atoms with Gasteiger partial charge in [-0.3, -0.25) is 4.79 Å². The van der Waals surface area contributed by atoms with Crippen molar-refractivity contribution in [2.24, 2.45) is 0 Å². The molecule has 1 heterocycles. The molecule has 0 spiro atoms. The van der Waals surface area contributed by atoms with Crippen LogP contribution in [-0.2, 0) is 6.42 Å². The summed E-state index contributed by atoms with van der Waals surface area (Å²) in [6.07, 6.45) is 6.65. The van der Waals surface area contributed by atoms with E-state index in [0.717, 1.165) is 6.42 Å². The Balaban J connectivity index is 2.36. The number of hydrogen-bond acceptors (Lipinski definition) is 1. The van der Waals surface area contributed by atoms with Gasteiger partial charge >= 0.3 is 0 Å². The topological polar surface area (TPSA) is 22.0 Å². The van der Waals surface area contributed by atoms with Crippen molar-refractivity contribution in [1.29, 1.82) is 0 Å². The fourth-order valence-electron chi connectivity index (χ4n) is 1.71. The van der Waals surface area contributed by atoms with Gasteiger partial charge in [0.2, 0.25) is 0 Å². The third-order valence-corrected chi connectivity index (χ3v) is 2.88. The van der Waals surface area contributed by atoms with E-state index < -0.39 is 0 Å². The Morgan fingerprint density at radius 1 is 1.46 bits per heavy atom. The maximum Gasteiger partial charge on any atom is 0.250 e. The van der Waals surface area contributed by atoms with Crippen molar-refractivity contribution < 1.29 is 0 Å². The molecule has 70 valence electrons. The number of hydrogen-bond donors (Lipinski definition) is 0. The van der Waals surface area contributed by atoms with Gasteiger partial charge in [-0.1, -0.05) is 13.0 Å². The monoisotopic (exact) mass is 177 g/mol. The Morgan fingerprint density at radius 3 is 2.77 bits per heavy atom. The van der Waals surface area contributed by atoms with Crippen LogP contribution >= 0.6 is 0 Å². The Kier molecular flexibility index (Phi) is 2.21. The first kappa shape index (κ1) is 8.54. The smallest absolute Gasteiger partial charge is 0.250 e. The lowest BCUT2D eigenvalue weighted by Gasteiger charge is -2.27. The Bertz CT molecular complexity index is 349. The minimum absolute atomic E-state index is 0.155. The summed E-state index contributed by atoms with van der Waals surface area (Å²) in [4.78, 5) is 11.5. The maximum absolute atomic E-state index is 11.5. The molecule has 1 aromatic rings. The highest BCUT2D eigenvalue weighted by Crippen LogP contribution is 2.30. The van der Waals surface area contributed by atoms with Gasteiger partial charge in [0, 0.05) is 18.3 Å². The van der Waals surface area contributed by atoms with Crippen LogP contribution in [0.3, 0.4) is 0 Å². The van der Waals surface area contributed by atoms with E-state index in [9.17, 15) is 4.79 Å². The largest absolute Gasteiger partial charge is 0.312 e. The van der Waals surface area contributed by atoms with E-state index in [1.807, 2.05) is 16.8 Å². The number of aromatic nitrogens is 1. The Morgan fingerprint density at radius 2 is 2.23 bits per heavy atom. The average molecular weight is 177 g/mol. The zero-order valence-corrected chi connectivity index (χ0v) is 7.99. The lowest BCUT2D eigenvalue weighted by molar-refractivity contribution is 0.305. The molecule has 0 amide bonds. The highest BCUT2D eigenvalue weighted by molar-refractivity contribution is 5.10. The van der Waals surface area contributed by atoms with Gasteiger partial charge in [0.05, 0.1) is 0 Å². The van der Waals surface area contributed by atoms with E-state index >= 15 is 0 Å². The predicted octanol–water partition coefficient (Wildman–Crippen LogP) is 2.14. The first-order valence-electron chi connectivity index (χ1n) is 5.02. The SMILES string of the molecule is CCc1ccc(=O)n(C2CCC2)c1. The zero-order valence-electron chi connectivity index (χ0n) is 7.99. The summed E-state index contributed by atoms with van der Waals surface area (Å²) < 4.78 is 1.91. The molecule has 13 heavy (non-hydrogen) atoms. The van der Waals surface area contributed by atoms with E-state index in [1.165, 1.54) is 24.8 Å². The van der Waals surface area contributed by atoms with Crippen LogP contribution in [0.5, 0.6) is 0 Å². The highest BCUT2D eigenvalue weighted by atomic mass is 16.1. The van der Waals surface area contributed by atoms with Crippen molar-refractivity contribution in [3.63, 3.8) is 0 Å². The zero-order chi connectivity index (χ0) is 9.26. The highest BCUT2D eigenvalue weighted by Gasteiger charge is 2.19. The molecule has 0 aromatic carbocycles. The van der Waals surface area contributed by atoms with Crippen molar-refractivity contribution in [2.75, 3.05) is 0 Å². The lowest BCUT2D eigenvalue weighted by atomic mass is 9.92. The molecule has 2 rings (SSSR count). The summed E-state index contributed by atoms with van der Waals surface area (Å²) in [6, 6.07) is 4.10. The Hall–Kier alpha value is -1.05. The van der Waals surface area contributed by atoms with Gasteiger partial charge in [0.1, 0.15) is 0 Å². The molecule has 1 aromatic heterocycles. The van der Waals surface area contributed by atoms with E-state index in [0.29, 0.717) is 6.04 Å². The molecule has 1 aliphatic carbocycles. The minimum atomic E-state index is 0.155. The summed E-state index contributed by atoms with van der Waals surface area (Å²) in [5.41, 5.74) is 1.41. The molecule has 2 nitrogen and oxygen atoms in total. The minimum Gasteiger partial charge on any atom is -0.312 e. The quantitative estimate of drug-likeness (QED) is 0.678. The van der Waals surface area contributed by atoms with Crippen LogP contribution in [0, 0.1) is 0 Å². The molecule has 1 fully saturated rings. The van der Waals surface area contributed by atoms with Crippen LogP contribution < -0.4 is 5.56 Å². The average Bonchev–Trinajstić information content (AvgIpc) is 2.06. The fourth-order valence-corrected chi connectivity index (χ4v) is 1.71. The van der Waals surface area contributed by atoms with Gasteiger partial charge in [-0.2, -0.15) is 0 Å². The summed E-state index contributed by atoms with van der Waals surface area (Å²) in [5.74, 6) is 0.